The fourth-order valence-corrected chi connectivity index (χ4v) is 4.11. The number of halogens is 1. The summed E-state index contributed by atoms with van der Waals surface area (Å²) in [5, 5.41) is 6.20. The highest BCUT2D eigenvalue weighted by molar-refractivity contribution is 7.16. The van der Waals surface area contributed by atoms with Gasteiger partial charge in [-0.2, -0.15) is 0 Å². The van der Waals surface area contributed by atoms with Crippen LogP contribution < -0.4 is 10.6 Å². The zero-order valence-corrected chi connectivity index (χ0v) is 17.2. The number of piperazine rings is 1. The molecule has 3 aromatic heterocycles. The Labute approximate surface area is 181 Å². The van der Waals surface area contributed by atoms with E-state index in [1.807, 2.05) is 12.1 Å². The summed E-state index contributed by atoms with van der Waals surface area (Å²) in [6.07, 6.45) is 2.65. The highest BCUT2D eigenvalue weighted by Crippen LogP contribution is 2.27. The first kappa shape index (κ1) is 19.5. The van der Waals surface area contributed by atoms with E-state index in [1.54, 1.807) is 28.6 Å². The second-order valence-electron chi connectivity index (χ2n) is 7.02. The first-order valence-corrected chi connectivity index (χ1v) is 10.6. The van der Waals surface area contributed by atoms with Gasteiger partial charge in [-0.1, -0.05) is 6.07 Å². The molecule has 4 heterocycles. The summed E-state index contributed by atoms with van der Waals surface area (Å²) in [6, 6.07) is 8.88. The normalized spacial score (nSPS) is 14.0. The van der Waals surface area contributed by atoms with Crippen molar-refractivity contribution in [3.05, 3.63) is 59.6 Å². The first-order valence-electron chi connectivity index (χ1n) is 9.76. The van der Waals surface area contributed by atoms with Crippen LogP contribution in [0.3, 0.4) is 0 Å². The van der Waals surface area contributed by atoms with Crippen LogP contribution in [0.4, 0.5) is 16.2 Å². The van der Waals surface area contributed by atoms with Crippen molar-refractivity contribution in [1.29, 1.82) is 0 Å². The van der Waals surface area contributed by atoms with E-state index in [1.165, 1.54) is 17.5 Å². The molecule has 8 nitrogen and oxygen atoms in total. The number of aromatic nitrogens is 4. The largest absolute Gasteiger partial charge is 0.336 e. The van der Waals surface area contributed by atoms with Gasteiger partial charge in [0.25, 0.3) is 5.91 Å². The highest BCUT2D eigenvalue weighted by atomic mass is 32.1. The number of carbonyl (C=O) groups excluding carboxylic acids is 1. The third kappa shape index (κ3) is 4.07. The van der Waals surface area contributed by atoms with Crippen molar-refractivity contribution in [3.63, 3.8) is 0 Å². The average molecular weight is 435 g/mol. The molecule has 1 aliphatic heterocycles. The van der Waals surface area contributed by atoms with E-state index in [4.69, 9.17) is 0 Å². The topological polar surface area (TPSA) is 95.9 Å². The molecule has 2 N–H and O–H groups in total. The molecule has 0 aliphatic carbocycles. The lowest BCUT2D eigenvalue weighted by atomic mass is 10.1. The Morgan fingerprint density at radius 1 is 1.10 bits per heavy atom. The number of carbonyl (C=O) groups is 1. The van der Waals surface area contributed by atoms with Gasteiger partial charge in [0.05, 0.1) is 27.5 Å². The smallest absolute Gasteiger partial charge is 0.255 e. The van der Waals surface area contributed by atoms with Crippen molar-refractivity contribution in [2.75, 3.05) is 31.5 Å². The maximum Gasteiger partial charge on any atom is 0.255 e. The van der Waals surface area contributed by atoms with Crippen LogP contribution in [0.1, 0.15) is 10.4 Å². The number of fused-ring (bicyclic) bond motifs is 1. The number of nitrogens with one attached hydrogen (secondary N) is 2. The number of benzene rings is 1. The van der Waals surface area contributed by atoms with Gasteiger partial charge >= 0.3 is 0 Å². The first-order chi connectivity index (χ1) is 15.2. The number of thiazole rings is 1. The summed E-state index contributed by atoms with van der Waals surface area (Å²) in [4.78, 5) is 31.2. The minimum absolute atomic E-state index is 0.0423. The maximum atomic E-state index is 14.4. The van der Waals surface area contributed by atoms with Crippen LogP contribution in [0, 0.1) is 5.82 Å². The van der Waals surface area contributed by atoms with Gasteiger partial charge in [0.1, 0.15) is 11.5 Å². The van der Waals surface area contributed by atoms with E-state index in [0.717, 1.165) is 29.5 Å². The minimum atomic E-state index is -0.514. The Morgan fingerprint density at radius 3 is 2.77 bits per heavy atom. The maximum absolute atomic E-state index is 14.4. The Kier molecular flexibility index (Phi) is 5.23. The van der Waals surface area contributed by atoms with Crippen LogP contribution in [0.25, 0.3) is 21.5 Å². The van der Waals surface area contributed by atoms with Gasteiger partial charge in [-0.15, -0.1) is 11.3 Å². The third-order valence-corrected chi connectivity index (χ3v) is 5.80. The number of hydrogen-bond acceptors (Lipinski definition) is 8. The van der Waals surface area contributed by atoms with Crippen molar-refractivity contribution >= 4 is 39.2 Å². The molecule has 0 saturated carbocycles. The van der Waals surface area contributed by atoms with E-state index in [-0.39, 0.29) is 17.5 Å². The lowest BCUT2D eigenvalue weighted by molar-refractivity contribution is 0.0735. The molecular formula is C21H18FN7OS. The number of anilines is 2. The monoisotopic (exact) mass is 435 g/mol. The molecule has 0 unspecified atom stereocenters. The molecule has 10 heteroatoms. The van der Waals surface area contributed by atoms with Gasteiger partial charge in [0, 0.05) is 37.9 Å². The zero-order valence-electron chi connectivity index (χ0n) is 16.4. The molecule has 0 atom stereocenters. The van der Waals surface area contributed by atoms with Crippen LogP contribution >= 0.6 is 11.3 Å². The van der Waals surface area contributed by atoms with E-state index in [0.29, 0.717) is 30.0 Å². The summed E-state index contributed by atoms with van der Waals surface area (Å²) < 4.78 is 15.4. The Morgan fingerprint density at radius 2 is 1.97 bits per heavy atom. The molecule has 5 rings (SSSR count). The van der Waals surface area contributed by atoms with Crippen LogP contribution in [0.5, 0.6) is 0 Å². The van der Waals surface area contributed by atoms with Gasteiger partial charge in [-0.3, -0.25) is 4.79 Å². The van der Waals surface area contributed by atoms with Crippen molar-refractivity contribution in [1.82, 2.24) is 30.2 Å². The second-order valence-corrected chi connectivity index (χ2v) is 7.91. The molecule has 1 fully saturated rings. The van der Waals surface area contributed by atoms with Crippen LogP contribution in [0.15, 0.2) is 48.2 Å². The van der Waals surface area contributed by atoms with Gasteiger partial charge in [0.2, 0.25) is 5.95 Å². The average Bonchev–Trinajstić information content (AvgIpc) is 3.29. The van der Waals surface area contributed by atoms with Crippen LogP contribution in [-0.4, -0.2) is 56.9 Å². The Bertz CT molecular complexity index is 1240. The number of nitrogens with zero attached hydrogens (tertiary/aromatic N) is 5. The molecular weight excluding hydrogens is 417 g/mol. The molecule has 31 heavy (non-hydrogen) atoms. The number of hydrogen-bond donors (Lipinski definition) is 2. The standard InChI is InChI=1S/C21H18FN7OS/c22-15-11-25-21(28-19(15)13-1-3-16-17(9-13)31-12-26-16)27-18-4-2-14(10-24-18)20(30)29-7-5-23-6-8-29/h1-4,9-12,23H,5-8H2,(H,24,25,27,28). The summed E-state index contributed by atoms with van der Waals surface area (Å²) in [5.74, 6) is 0.125. The van der Waals surface area contributed by atoms with Crippen LogP contribution in [0.2, 0.25) is 0 Å². The summed E-state index contributed by atoms with van der Waals surface area (Å²) in [6.45, 7) is 2.94. The van der Waals surface area contributed by atoms with Crippen LogP contribution in [-0.2, 0) is 0 Å². The predicted octanol–water partition coefficient (Wildman–Crippen LogP) is 3.08. The fourth-order valence-electron chi connectivity index (χ4n) is 3.39. The van der Waals surface area contributed by atoms with Gasteiger partial charge in [-0.05, 0) is 24.3 Å². The summed E-state index contributed by atoms with van der Waals surface area (Å²) in [7, 11) is 0. The number of amides is 1. The van der Waals surface area contributed by atoms with E-state index < -0.39 is 5.82 Å². The van der Waals surface area contributed by atoms with E-state index >= 15 is 0 Å². The minimum Gasteiger partial charge on any atom is -0.336 e. The molecule has 1 amide bonds. The Hall–Kier alpha value is -3.50. The fraction of sp³-hybridized carbons (Fsp3) is 0.190. The quantitative estimate of drug-likeness (QED) is 0.509. The highest BCUT2D eigenvalue weighted by Gasteiger charge is 2.18. The molecule has 0 bridgehead atoms. The van der Waals surface area contributed by atoms with Gasteiger partial charge in [-0.25, -0.2) is 24.3 Å². The zero-order chi connectivity index (χ0) is 21.2. The number of pyridine rings is 1. The molecule has 1 aromatic carbocycles. The third-order valence-electron chi connectivity index (χ3n) is 5.00. The Balaban J connectivity index is 1.35. The van der Waals surface area contributed by atoms with Crippen molar-refractivity contribution in [3.8, 4) is 11.3 Å². The SMILES string of the molecule is O=C(c1ccc(Nc2ncc(F)c(-c3ccc4ncsc4c3)n2)nc1)N1CCNCC1. The second kappa shape index (κ2) is 8.32. The molecule has 1 saturated heterocycles. The van der Waals surface area contributed by atoms with E-state index in [2.05, 4.69) is 30.6 Å². The van der Waals surface area contributed by atoms with Gasteiger partial charge < -0.3 is 15.5 Å². The van der Waals surface area contributed by atoms with Gasteiger partial charge in [0.15, 0.2) is 5.82 Å². The van der Waals surface area contributed by atoms with Crippen molar-refractivity contribution in [2.45, 2.75) is 0 Å². The molecule has 0 spiro atoms. The molecule has 156 valence electrons. The lowest BCUT2D eigenvalue weighted by Gasteiger charge is -2.27. The molecule has 0 radical (unpaired) electrons. The molecule has 4 aromatic rings. The molecule has 1 aliphatic rings. The summed E-state index contributed by atoms with van der Waals surface area (Å²) in [5.41, 5.74) is 3.97. The van der Waals surface area contributed by atoms with Crippen molar-refractivity contribution < 1.29 is 9.18 Å². The van der Waals surface area contributed by atoms with E-state index in [9.17, 15) is 9.18 Å². The lowest BCUT2D eigenvalue weighted by Crippen LogP contribution is -2.46. The number of rotatable bonds is 4. The predicted molar refractivity (Wildman–Crippen MR) is 117 cm³/mol. The summed E-state index contributed by atoms with van der Waals surface area (Å²) >= 11 is 1.49. The van der Waals surface area contributed by atoms with Crippen molar-refractivity contribution in [2.24, 2.45) is 0 Å².